The largest absolute Gasteiger partial charge is 0.341 e. The number of hydrogen-bond acceptors (Lipinski definition) is 3. The van der Waals surface area contributed by atoms with E-state index in [2.05, 4.69) is 5.32 Å². The molecule has 0 unspecified atom stereocenters. The first-order chi connectivity index (χ1) is 10.9. The van der Waals surface area contributed by atoms with Gasteiger partial charge in [0.2, 0.25) is 11.8 Å². The molecule has 1 fully saturated rings. The lowest BCUT2D eigenvalue weighted by Gasteiger charge is -2.33. The maximum absolute atomic E-state index is 12.9. The molecule has 1 heterocycles. The summed E-state index contributed by atoms with van der Waals surface area (Å²) in [5.74, 6) is -0.507. The molecule has 1 aromatic carbocycles. The van der Waals surface area contributed by atoms with E-state index in [9.17, 15) is 14.0 Å². The molecule has 1 aliphatic rings. The van der Waals surface area contributed by atoms with Gasteiger partial charge in [-0.1, -0.05) is 13.8 Å². The number of nitrogens with two attached hydrogens (primary N) is 1. The number of amides is 2. The van der Waals surface area contributed by atoms with Crippen LogP contribution >= 0.6 is 12.4 Å². The molecule has 5 nitrogen and oxygen atoms in total. The van der Waals surface area contributed by atoms with Gasteiger partial charge in [-0.3, -0.25) is 9.59 Å². The van der Waals surface area contributed by atoms with Gasteiger partial charge >= 0.3 is 0 Å². The second-order valence-electron chi connectivity index (χ2n) is 6.37. The van der Waals surface area contributed by atoms with Gasteiger partial charge in [0.05, 0.1) is 6.04 Å². The van der Waals surface area contributed by atoms with Gasteiger partial charge in [0.25, 0.3) is 0 Å². The van der Waals surface area contributed by atoms with Gasteiger partial charge in [-0.15, -0.1) is 12.4 Å². The van der Waals surface area contributed by atoms with E-state index in [1.165, 1.54) is 24.3 Å². The summed E-state index contributed by atoms with van der Waals surface area (Å²) in [5.41, 5.74) is 6.48. The first-order valence-electron chi connectivity index (χ1n) is 7.99. The highest BCUT2D eigenvalue weighted by molar-refractivity contribution is 5.92. The highest BCUT2D eigenvalue weighted by Gasteiger charge is 2.30. The second kappa shape index (κ2) is 8.99. The Labute approximate surface area is 148 Å². The van der Waals surface area contributed by atoms with Crippen molar-refractivity contribution in [2.45, 2.75) is 32.7 Å². The number of likely N-dealkylation sites (tertiary alicyclic amines) is 1. The van der Waals surface area contributed by atoms with Crippen molar-refractivity contribution in [2.75, 3.05) is 18.4 Å². The second-order valence-corrected chi connectivity index (χ2v) is 6.37. The fourth-order valence-electron chi connectivity index (χ4n) is 2.64. The molecule has 1 saturated heterocycles. The van der Waals surface area contributed by atoms with E-state index in [1.807, 2.05) is 13.8 Å². The quantitative estimate of drug-likeness (QED) is 0.868. The van der Waals surface area contributed by atoms with Crippen molar-refractivity contribution in [3.05, 3.63) is 30.1 Å². The number of hydrogen-bond donors (Lipinski definition) is 2. The van der Waals surface area contributed by atoms with Crippen LogP contribution in [0.15, 0.2) is 24.3 Å². The van der Waals surface area contributed by atoms with E-state index in [0.717, 1.165) is 0 Å². The van der Waals surface area contributed by atoms with Gasteiger partial charge in [-0.25, -0.2) is 4.39 Å². The summed E-state index contributed by atoms with van der Waals surface area (Å²) in [5, 5.41) is 2.79. The molecule has 2 amide bonds. The molecule has 2 rings (SSSR count). The predicted molar refractivity (Wildman–Crippen MR) is 94.4 cm³/mol. The third-order valence-corrected chi connectivity index (χ3v) is 4.29. The number of carbonyl (C=O) groups excluding carboxylic acids is 2. The van der Waals surface area contributed by atoms with Crippen molar-refractivity contribution < 1.29 is 14.0 Å². The Kier molecular flexibility index (Phi) is 7.63. The lowest BCUT2D eigenvalue weighted by atomic mass is 9.94. The molecule has 0 aromatic heterocycles. The molecule has 0 bridgehead atoms. The number of nitrogens with one attached hydrogen (secondary N) is 1. The molecule has 1 aromatic rings. The number of piperidine rings is 1. The Balaban J connectivity index is 0.00000288. The van der Waals surface area contributed by atoms with Crippen LogP contribution in [0.5, 0.6) is 0 Å². The van der Waals surface area contributed by atoms with Gasteiger partial charge < -0.3 is 16.0 Å². The van der Waals surface area contributed by atoms with E-state index in [4.69, 9.17) is 5.73 Å². The molecular formula is C17H25ClFN3O2. The van der Waals surface area contributed by atoms with Crippen LogP contribution in [0.1, 0.15) is 26.7 Å². The molecular weight excluding hydrogens is 333 g/mol. The molecule has 134 valence electrons. The summed E-state index contributed by atoms with van der Waals surface area (Å²) in [4.78, 5) is 26.2. The number of nitrogens with zero attached hydrogens (tertiary/aromatic N) is 1. The zero-order chi connectivity index (χ0) is 17.0. The Morgan fingerprint density at radius 3 is 2.25 bits per heavy atom. The average Bonchev–Trinajstić information content (AvgIpc) is 2.55. The fraction of sp³-hybridized carbons (Fsp3) is 0.529. The Morgan fingerprint density at radius 1 is 1.21 bits per heavy atom. The minimum absolute atomic E-state index is 0. The molecule has 0 aliphatic carbocycles. The van der Waals surface area contributed by atoms with E-state index in [1.54, 1.807) is 4.90 Å². The summed E-state index contributed by atoms with van der Waals surface area (Å²) < 4.78 is 12.9. The van der Waals surface area contributed by atoms with Gasteiger partial charge in [0.15, 0.2) is 0 Å². The van der Waals surface area contributed by atoms with Gasteiger partial charge in [-0.2, -0.15) is 0 Å². The smallest absolute Gasteiger partial charge is 0.239 e. The molecule has 1 aliphatic heterocycles. The van der Waals surface area contributed by atoms with E-state index in [0.29, 0.717) is 31.6 Å². The monoisotopic (exact) mass is 357 g/mol. The highest BCUT2D eigenvalue weighted by Crippen LogP contribution is 2.20. The standard InChI is InChI=1S/C17H24FN3O2.ClH/c1-11(2)15(19)17(23)21-9-7-12(8-10-21)16(22)20-14-5-3-13(18)4-6-14;/h3-6,11-12,15H,7-10,19H2,1-2H3,(H,20,22);1H/t15-;/m0./s1. The minimum Gasteiger partial charge on any atom is -0.341 e. The van der Waals surface area contributed by atoms with Crippen LogP contribution in [0, 0.1) is 17.7 Å². The van der Waals surface area contributed by atoms with Crippen LogP contribution in [0.4, 0.5) is 10.1 Å². The predicted octanol–water partition coefficient (Wildman–Crippen LogP) is 2.41. The summed E-state index contributed by atoms with van der Waals surface area (Å²) >= 11 is 0. The minimum atomic E-state index is -0.486. The zero-order valence-electron chi connectivity index (χ0n) is 14.0. The Hall–Kier alpha value is -1.66. The SMILES string of the molecule is CC(C)[C@H](N)C(=O)N1CCC(C(=O)Nc2ccc(F)cc2)CC1.Cl. The molecule has 24 heavy (non-hydrogen) atoms. The van der Waals surface area contributed by atoms with Crippen LogP contribution in [0.3, 0.4) is 0 Å². The van der Waals surface area contributed by atoms with Gasteiger partial charge in [0, 0.05) is 24.7 Å². The summed E-state index contributed by atoms with van der Waals surface area (Å²) in [6.07, 6.45) is 1.23. The van der Waals surface area contributed by atoms with E-state index in [-0.39, 0.29) is 41.9 Å². The normalized spacial score (nSPS) is 16.5. The lowest BCUT2D eigenvalue weighted by Crippen LogP contribution is -2.50. The topological polar surface area (TPSA) is 75.4 Å². The number of benzene rings is 1. The maximum atomic E-state index is 12.9. The summed E-state index contributed by atoms with van der Waals surface area (Å²) in [6.45, 7) is 4.93. The Morgan fingerprint density at radius 2 is 1.75 bits per heavy atom. The molecule has 1 atom stereocenters. The Bertz CT molecular complexity index is 557. The number of halogens is 2. The number of anilines is 1. The molecule has 0 radical (unpaired) electrons. The van der Waals surface area contributed by atoms with Crippen molar-refractivity contribution in [2.24, 2.45) is 17.6 Å². The lowest BCUT2D eigenvalue weighted by molar-refractivity contribution is -0.136. The van der Waals surface area contributed by atoms with Crippen LogP contribution in [0.2, 0.25) is 0 Å². The fourth-order valence-corrected chi connectivity index (χ4v) is 2.64. The molecule has 3 N–H and O–H groups in total. The van der Waals surface area contributed by atoms with Crippen LogP contribution < -0.4 is 11.1 Å². The van der Waals surface area contributed by atoms with Crippen molar-refractivity contribution in [1.29, 1.82) is 0 Å². The van der Waals surface area contributed by atoms with Crippen molar-refractivity contribution in [1.82, 2.24) is 4.90 Å². The first kappa shape index (κ1) is 20.4. The zero-order valence-corrected chi connectivity index (χ0v) is 14.8. The van der Waals surface area contributed by atoms with Gasteiger partial charge in [-0.05, 0) is 43.0 Å². The third-order valence-electron chi connectivity index (χ3n) is 4.29. The van der Waals surface area contributed by atoms with E-state index < -0.39 is 6.04 Å². The molecule has 0 spiro atoms. The third kappa shape index (κ3) is 5.18. The first-order valence-corrected chi connectivity index (χ1v) is 7.99. The van der Waals surface area contributed by atoms with Crippen LogP contribution in [0.25, 0.3) is 0 Å². The maximum Gasteiger partial charge on any atom is 0.239 e. The highest BCUT2D eigenvalue weighted by atomic mass is 35.5. The summed E-state index contributed by atoms with van der Waals surface area (Å²) in [6, 6.07) is 5.20. The van der Waals surface area contributed by atoms with E-state index >= 15 is 0 Å². The summed E-state index contributed by atoms with van der Waals surface area (Å²) in [7, 11) is 0. The van der Waals surface area contributed by atoms with Gasteiger partial charge in [0.1, 0.15) is 5.82 Å². The van der Waals surface area contributed by atoms with Crippen molar-refractivity contribution in [3.63, 3.8) is 0 Å². The molecule has 7 heteroatoms. The van der Waals surface area contributed by atoms with Crippen LogP contribution in [-0.2, 0) is 9.59 Å². The molecule has 0 saturated carbocycles. The van der Waals surface area contributed by atoms with Crippen LogP contribution in [-0.4, -0.2) is 35.8 Å². The number of rotatable bonds is 4. The van der Waals surface area contributed by atoms with Crippen molar-refractivity contribution in [3.8, 4) is 0 Å². The average molecular weight is 358 g/mol. The van der Waals surface area contributed by atoms with Crippen molar-refractivity contribution >= 4 is 29.9 Å². The number of carbonyl (C=O) groups is 2.